The molecule has 0 aliphatic carbocycles. The second-order valence-corrected chi connectivity index (χ2v) is 3.59. The van der Waals surface area contributed by atoms with E-state index >= 15 is 0 Å². The Labute approximate surface area is 99.5 Å². The first kappa shape index (κ1) is 14.0. The van der Waals surface area contributed by atoms with Crippen LogP contribution in [0.25, 0.3) is 0 Å². The zero-order valence-electron chi connectivity index (χ0n) is 8.47. The van der Waals surface area contributed by atoms with Gasteiger partial charge in [-0.05, 0) is 11.6 Å². The lowest BCUT2D eigenvalue weighted by atomic mass is 10.3. The van der Waals surface area contributed by atoms with Gasteiger partial charge < -0.3 is 10.5 Å². The molecule has 0 spiro atoms. The first-order valence-corrected chi connectivity index (χ1v) is 4.88. The number of nitrogens with zero attached hydrogens (tertiary/aromatic N) is 1. The van der Waals surface area contributed by atoms with Gasteiger partial charge in [0.2, 0.25) is 5.88 Å². The van der Waals surface area contributed by atoms with E-state index in [0.29, 0.717) is 5.56 Å². The zero-order chi connectivity index (χ0) is 13.1. The van der Waals surface area contributed by atoms with Crippen LogP contribution in [-0.4, -0.2) is 23.9 Å². The van der Waals surface area contributed by atoms with Crippen molar-refractivity contribution in [2.45, 2.75) is 18.9 Å². The fraction of sp³-hybridized carbons (Fsp3) is 0.444. The van der Waals surface area contributed by atoms with Crippen LogP contribution in [0.15, 0.2) is 12.3 Å². The standard InChI is InChI=1S/C9H9ClF4N2O/c10-6-1-5(2-15)3-16-7(6)17-4-9(13,14)8(11)12/h1,3,8H,2,4,15H2. The van der Waals surface area contributed by atoms with E-state index in [-0.39, 0.29) is 17.4 Å². The van der Waals surface area contributed by atoms with Crippen LogP contribution in [0.5, 0.6) is 5.88 Å². The van der Waals surface area contributed by atoms with Crippen molar-refractivity contribution in [2.75, 3.05) is 6.61 Å². The number of hydrogen-bond donors (Lipinski definition) is 1. The number of halogens is 5. The summed E-state index contributed by atoms with van der Waals surface area (Å²) in [5, 5.41) is -0.0574. The van der Waals surface area contributed by atoms with Crippen molar-refractivity contribution in [1.29, 1.82) is 0 Å². The molecule has 0 saturated heterocycles. The van der Waals surface area contributed by atoms with Gasteiger partial charge in [0.15, 0.2) is 6.61 Å². The number of ether oxygens (including phenoxy) is 1. The third-order valence-corrected chi connectivity index (χ3v) is 2.09. The Morgan fingerprint density at radius 2 is 2.12 bits per heavy atom. The molecule has 0 bridgehead atoms. The maximum Gasteiger partial charge on any atom is 0.340 e. The minimum absolute atomic E-state index is 0.0574. The van der Waals surface area contributed by atoms with E-state index < -0.39 is 19.0 Å². The molecule has 17 heavy (non-hydrogen) atoms. The van der Waals surface area contributed by atoms with Crippen LogP contribution >= 0.6 is 11.6 Å². The summed E-state index contributed by atoms with van der Waals surface area (Å²) in [6.07, 6.45) is -2.54. The van der Waals surface area contributed by atoms with Crippen LogP contribution in [0.4, 0.5) is 17.6 Å². The molecule has 8 heteroatoms. The van der Waals surface area contributed by atoms with E-state index in [1.54, 1.807) is 0 Å². The van der Waals surface area contributed by atoms with E-state index in [1.165, 1.54) is 12.3 Å². The SMILES string of the molecule is NCc1cnc(OCC(F)(F)C(F)F)c(Cl)c1. The number of alkyl halides is 4. The second kappa shape index (κ2) is 5.50. The van der Waals surface area contributed by atoms with Gasteiger partial charge in [-0.25, -0.2) is 13.8 Å². The van der Waals surface area contributed by atoms with Crippen LogP contribution < -0.4 is 10.5 Å². The van der Waals surface area contributed by atoms with Crippen molar-refractivity contribution < 1.29 is 22.3 Å². The van der Waals surface area contributed by atoms with Crippen LogP contribution in [0.2, 0.25) is 5.02 Å². The molecule has 0 unspecified atom stereocenters. The number of hydrogen-bond acceptors (Lipinski definition) is 3. The highest BCUT2D eigenvalue weighted by Crippen LogP contribution is 2.27. The van der Waals surface area contributed by atoms with Gasteiger partial charge in [-0.1, -0.05) is 11.6 Å². The Bertz CT molecular complexity index is 389. The molecule has 0 radical (unpaired) electrons. The first-order chi connectivity index (χ1) is 7.86. The smallest absolute Gasteiger partial charge is 0.340 e. The predicted octanol–water partition coefficient (Wildman–Crippen LogP) is 2.47. The molecule has 0 fully saturated rings. The highest BCUT2D eigenvalue weighted by atomic mass is 35.5. The Kier molecular flexibility index (Phi) is 4.53. The van der Waals surface area contributed by atoms with Crippen molar-refractivity contribution in [3.05, 3.63) is 22.8 Å². The van der Waals surface area contributed by atoms with E-state index in [2.05, 4.69) is 9.72 Å². The molecule has 0 aliphatic heterocycles. The summed E-state index contributed by atoms with van der Waals surface area (Å²) in [7, 11) is 0. The molecule has 0 aliphatic rings. The summed E-state index contributed by atoms with van der Waals surface area (Å²) in [6.45, 7) is -1.32. The minimum Gasteiger partial charge on any atom is -0.470 e. The van der Waals surface area contributed by atoms with Crippen LogP contribution in [0.3, 0.4) is 0 Å². The summed E-state index contributed by atoms with van der Waals surface area (Å²) in [6, 6.07) is 1.37. The highest BCUT2D eigenvalue weighted by Gasteiger charge is 2.42. The number of nitrogens with two attached hydrogens (primary N) is 1. The minimum atomic E-state index is -4.24. The average molecular weight is 273 g/mol. The van der Waals surface area contributed by atoms with Crippen LogP contribution in [-0.2, 0) is 6.54 Å². The van der Waals surface area contributed by atoms with Crippen LogP contribution in [0.1, 0.15) is 5.56 Å². The van der Waals surface area contributed by atoms with Crippen molar-refractivity contribution in [3.63, 3.8) is 0 Å². The molecule has 96 valence electrons. The lowest BCUT2D eigenvalue weighted by Gasteiger charge is -2.16. The summed E-state index contributed by atoms with van der Waals surface area (Å²) in [4.78, 5) is 3.60. The molecule has 0 amide bonds. The van der Waals surface area contributed by atoms with E-state index in [4.69, 9.17) is 17.3 Å². The second-order valence-electron chi connectivity index (χ2n) is 3.19. The van der Waals surface area contributed by atoms with Gasteiger partial charge >= 0.3 is 12.3 Å². The van der Waals surface area contributed by atoms with E-state index in [0.717, 1.165) is 0 Å². The summed E-state index contributed by atoms with van der Waals surface area (Å²) in [5.41, 5.74) is 5.87. The normalized spacial score (nSPS) is 11.9. The molecule has 0 aromatic carbocycles. The lowest BCUT2D eigenvalue weighted by molar-refractivity contribution is -0.148. The van der Waals surface area contributed by atoms with Crippen molar-refractivity contribution >= 4 is 11.6 Å². The topological polar surface area (TPSA) is 48.1 Å². The highest BCUT2D eigenvalue weighted by molar-refractivity contribution is 6.31. The summed E-state index contributed by atoms with van der Waals surface area (Å²) < 4.78 is 53.2. The maximum absolute atomic E-state index is 12.5. The Balaban J connectivity index is 2.70. The Morgan fingerprint density at radius 1 is 1.47 bits per heavy atom. The van der Waals surface area contributed by atoms with Gasteiger partial charge in [0.25, 0.3) is 0 Å². The molecule has 0 atom stereocenters. The number of rotatable bonds is 5. The fourth-order valence-electron chi connectivity index (χ4n) is 0.910. The molecule has 1 aromatic heterocycles. The van der Waals surface area contributed by atoms with Gasteiger partial charge in [0.05, 0.1) is 0 Å². The van der Waals surface area contributed by atoms with Crippen molar-refractivity contribution in [1.82, 2.24) is 4.98 Å². The third kappa shape index (κ3) is 3.71. The average Bonchev–Trinajstić information content (AvgIpc) is 2.27. The fourth-order valence-corrected chi connectivity index (χ4v) is 1.15. The molecule has 1 aromatic rings. The van der Waals surface area contributed by atoms with E-state index in [9.17, 15) is 17.6 Å². The van der Waals surface area contributed by atoms with Gasteiger partial charge in [-0.3, -0.25) is 0 Å². The monoisotopic (exact) mass is 272 g/mol. The number of aromatic nitrogens is 1. The molecule has 2 N–H and O–H groups in total. The van der Waals surface area contributed by atoms with E-state index in [1.807, 2.05) is 0 Å². The molecular formula is C9H9ClF4N2O. The lowest BCUT2D eigenvalue weighted by Crippen LogP contribution is -2.34. The van der Waals surface area contributed by atoms with Gasteiger partial charge in [-0.15, -0.1) is 0 Å². The molecule has 3 nitrogen and oxygen atoms in total. The third-order valence-electron chi connectivity index (χ3n) is 1.82. The van der Waals surface area contributed by atoms with Gasteiger partial charge in [-0.2, -0.15) is 8.78 Å². The van der Waals surface area contributed by atoms with Crippen molar-refractivity contribution in [3.8, 4) is 5.88 Å². The van der Waals surface area contributed by atoms with Gasteiger partial charge in [0, 0.05) is 12.7 Å². The molecule has 0 saturated carbocycles. The first-order valence-electron chi connectivity index (χ1n) is 4.50. The Hall–Kier alpha value is -1.08. The molecule has 1 rings (SSSR count). The summed E-state index contributed by atoms with van der Waals surface area (Å²) >= 11 is 5.64. The Morgan fingerprint density at radius 3 is 2.59 bits per heavy atom. The number of pyridine rings is 1. The van der Waals surface area contributed by atoms with Gasteiger partial charge in [0.1, 0.15) is 5.02 Å². The summed E-state index contributed by atoms with van der Waals surface area (Å²) in [5.74, 6) is -4.57. The van der Waals surface area contributed by atoms with Crippen LogP contribution in [0, 0.1) is 0 Å². The molecular weight excluding hydrogens is 264 g/mol. The predicted molar refractivity (Wildman–Crippen MR) is 53.6 cm³/mol. The maximum atomic E-state index is 12.5. The zero-order valence-corrected chi connectivity index (χ0v) is 9.22. The quantitative estimate of drug-likeness (QED) is 0.838. The molecule has 1 heterocycles. The largest absolute Gasteiger partial charge is 0.470 e. The van der Waals surface area contributed by atoms with Crippen molar-refractivity contribution in [2.24, 2.45) is 5.73 Å².